The summed E-state index contributed by atoms with van der Waals surface area (Å²) in [5, 5.41) is 17.6. The van der Waals surface area contributed by atoms with Gasteiger partial charge in [0.25, 0.3) is 0 Å². The van der Waals surface area contributed by atoms with Gasteiger partial charge in [-0.2, -0.15) is 0 Å². The SMILES string of the molecule is COC(=O)c1cnc(B(O)O)cc1C. The van der Waals surface area contributed by atoms with Crippen molar-refractivity contribution in [2.24, 2.45) is 0 Å². The Labute approximate surface area is 81.5 Å². The summed E-state index contributed by atoms with van der Waals surface area (Å²) in [5.41, 5.74) is 1.02. The molecule has 0 saturated heterocycles. The second kappa shape index (κ2) is 4.21. The standard InChI is InChI=1S/C8H10BNO4/c1-5-3-7(9(12)13)10-4-6(5)8(11)14-2/h3-4,12-13H,1-2H3. The predicted octanol–water partition coefficient (Wildman–Crippen LogP) is -1.14. The number of ether oxygens (including phenoxy) is 1. The topological polar surface area (TPSA) is 79.7 Å². The van der Waals surface area contributed by atoms with Crippen molar-refractivity contribution in [2.75, 3.05) is 7.11 Å². The average Bonchev–Trinajstić information content (AvgIpc) is 2.16. The Balaban J connectivity index is 3.07. The zero-order valence-corrected chi connectivity index (χ0v) is 7.89. The van der Waals surface area contributed by atoms with Gasteiger partial charge in [0.2, 0.25) is 0 Å². The Kier molecular flexibility index (Phi) is 3.21. The molecule has 0 aliphatic rings. The van der Waals surface area contributed by atoms with Crippen LogP contribution in [0.1, 0.15) is 15.9 Å². The van der Waals surface area contributed by atoms with Crippen LogP contribution in [0.15, 0.2) is 12.3 Å². The van der Waals surface area contributed by atoms with Gasteiger partial charge in [0, 0.05) is 6.20 Å². The number of rotatable bonds is 2. The Bertz CT molecular complexity index is 353. The van der Waals surface area contributed by atoms with Crippen LogP contribution in [-0.4, -0.2) is 35.2 Å². The number of pyridine rings is 1. The van der Waals surface area contributed by atoms with E-state index in [4.69, 9.17) is 10.0 Å². The van der Waals surface area contributed by atoms with E-state index in [2.05, 4.69) is 9.72 Å². The molecule has 6 heteroatoms. The molecule has 1 aromatic heterocycles. The molecule has 0 spiro atoms. The van der Waals surface area contributed by atoms with Crippen molar-refractivity contribution in [3.8, 4) is 0 Å². The highest BCUT2D eigenvalue weighted by atomic mass is 16.5. The molecule has 0 aliphatic carbocycles. The van der Waals surface area contributed by atoms with Gasteiger partial charge in [0.05, 0.1) is 18.3 Å². The third-order valence-corrected chi connectivity index (χ3v) is 1.80. The monoisotopic (exact) mass is 195 g/mol. The fourth-order valence-corrected chi connectivity index (χ4v) is 1.04. The molecule has 0 amide bonds. The highest BCUT2D eigenvalue weighted by Crippen LogP contribution is 2.05. The lowest BCUT2D eigenvalue weighted by atomic mass is 9.84. The number of carbonyl (C=O) groups excluding carboxylic acids is 1. The van der Waals surface area contributed by atoms with Crippen molar-refractivity contribution in [1.29, 1.82) is 0 Å². The second-order valence-corrected chi connectivity index (χ2v) is 2.79. The van der Waals surface area contributed by atoms with Gasteiger partial charge in [-0.3, -0.25) is 4.98 Å². The van der Waals surface area contributed by atoms with Crippen LogP contribution < -0.4 is 5.59 Å². The Morgan fingerprint density at radius 1 is 1.57 bits per heavy atom. The molecule has 0 atom stereocenters. The van der Waals surface area contributed by atoms with Gasteiger partial charge < -0.3 is 14.8 Å². The minimum Gasteiger partial charge on any atom is -0.465 e. The highest BCUT2D eigenvalue weighted by molar-refractivity contribution is 6.57. The van der Waals surface area contributed by atoms with Crippen molar-refractivity contribution in [1.82, 2.24) is 4.98 Å². The molecule has 2 N–H and O–H groups in total. The molecule has 74 valence electrons. The molecule has 0 radical (unpaired) electrons. The van der Waals surface area contributed by atoms with E-state index < -0.39 is 13.1 Å². The van der Waals surface area contributed by atoms with Crippen LogP contribution in [0, 0.1) is 6.92 Å². The largest absolute Gasteiger partial charge is 0.508 e. The normalized spacial score (nSPS) is 9.71. The summed E-state index contributed by atoms with van der Waals surface area (Å²) in [6.07, 6.45) is 1.26. The van der Waals surface area contributed by atoms with E-state index in [1.165, 1.54) is 19.4 Å². The number of carbonyl (C=O) groups is 1. The van der Waals surface area contributed by atoms with E-state index in [1.807, 2.05) is 0 Å². The highest BCUT2D eigenvalue weighted by Gasteiger charge is 2.16. The number of esters is 1. The van der Waals surface area contributed by atoms with E-state index in [0.717, 1.165) is 0 Å². The third kappa shape index (κ3) is 2.10. The maximum Gasteiger partial charge on any atom is 0.508 e. The van der Waals surface area contributed by atoms with E-state index in [0.29, 0.717) is 11.1 Å². The predicted molar refractivity (Wildman–Crippen MR) is 50.1 cm³/mol. The van der Waals surface area contributed by atoms with Gasteiger partial charge >= 0.3 is 13.1 Å². The Morgan fingerprint density at radius 2 is 2.21 bits per heavy atom. The first-order valence-corrected chi connectivity index (χ1v) is 3.97. The van der Waals surface area contributed by atoms with Crippen LogP contribution in [0.2, 0.25) is 0 Å². The summed E-state index contributed by atoms with van der Waals surface area (Å²) in [6.45, 7) is 1.67. The first kappa shape index (κ1) is 10.7. The smallest absolute Gasteiger partial charge is 0.465 e. The van der Waals surface area contributed by atoms with Gasteiger partial charge in [0.1, 0.15) is 0 Å². The van der Waals surface area contributed by atoms with Crippen molar-refractivity contribution in [3.05, 3.63) is 23.4 Å². The molecule has 0 saturated carbocycles. The van der Waals surface area contributed by atoms with Gasteiger partial charge in [-0.1, -0.05) is 0 Å². The number of aryl methyl sites for hydroxylation is 1. The number of aromatic nitrogens is 1. The van der Waals surface area contributed by atoms with Crippen LogP contribution in [0.25, 0.3) is 0 Å². The van der Waals surface area contributed by atoms with Crippen molar-refractivity contribution in [2.45, 2.75) is 6.92 Å². The van der Waals surface area contributed by atoms with Crippen LogP contribution in [0.3, 0.4) is 0 Å². The summed E-state index contributed by atoms with van der Waals surface area (Å²) in [4.78, 5) is 14.8. The fourth-order valence-electron chi connectivity index (χ4n) is 1.04. The van der Waals surface area contributed by atoms with E-state index in [-0.39, 0.29) is 5.59 Å². The summed E-state index contributed by atoms with van der Waals surface area (Å²) in [6, 6.07) is 1.43. The molecule has 0 bridgehead atoms. The van der Waals surface area contributed by atoms with Crippen molar-refractivity contribution in [3.63, 3.8) is 0 Å². The molecule has 0 aromatic carbocycles. The third-order valence-electron chi connectivity index (χ3n) is 1.80. The average molecular weight is 195 g/mol. The summed E-state index contributed by atoms with van der Waals surface area (Å²) < 4.78 is 4.51. The van der Waals surface area contributed by atoms with Gasteiger partial charge in [-0.25, -0.2) is 4.79 Å². The molecule has 1 aromatic rings. The Morgan fingerprint density at radius 3 is 2.64 bits per heavy atom. The van der Waals surface area contributed by atoms with Gasteiger partial charge in [0.15, 0.2) is 0 Å². The number of hydrogen-bond acceptors (Lipinski definition) is 5. The van der Waals surface area contributed by atoms with E-state index in [9.17, 15) is 4.79 Å². The first-order valence-electron chi connectivity index (χ1n) is 3.97. The van der Waals surface area contributed by atoms with E-state index in [1.54, 1.807) is 6.92 Å². The number of hydrogen-bond donors (Lipinski definition) is 2. The fraction of sp³-hybridized carbons (Fsp3) is 0.250. The maximum atomic E-state index is 11.1. The minimum atomic E-state index is -1.62. The van der Waals surface area contributed by atoms with Gasteiger partial charge in [-0.05, 0) is 18.6 Å². The number of methoxy groups -OCH3 is 1. The second-order valence-electron chi connectivity index (χ2n) is 2.79. The zero-order chi connectivity index (χ0) is 10.7. The molecule has 1 heterocycles. The first-order chi connectivity index (χ1) is 6.56. The quantitative estimate of drug-likeness (QED) is 0.460. The molecular weight excluding hydrogens is 185 g/mol. The molecule has 14 heavy (non-hydrogen) atoms. The van der Waals surface area contributed by atoms with Crippen LogP contribution in [0.4, 0.5) is 0 Å². The lowest BCUT2D eigenvalue weighted by Gasteiger charge is -2.05. The number of nitrogens with zero attached hydrogens (tertiary/aromatic N) is 1. The summed E-state index contributed by atoms with van der Waals surface area (Å²) >= 11 is 0. The van der Waals surface area contributed by atoms with Crippen molar-refractivity contribution >= 4 is 18.7 Å². The van der Waals surface area contributed by atoms with Crippen LogP contribution in [-0.2, 0) is 4.74 Å². The molecule has 0 aliphatic heterocycles. The summed E-state index contributed by atoms with van der Waals surface area (Å²) in [7, 11) is -0.350. The molecule has 5 nitrogen and oxygen atoms in total. The lowest BCUT2D eigenvalue weighted by molar-refractivity contribution is 0.0599. The lowest BCUT2D eigenvalue weighted by Crippen LogP contribution is -2.33. The summed E-state index contributed by atoms with van der Waals surface area (Å²) in [5.74, 6) is -0.492. The van der Waals surface area contributed by atoms with E-state index >= 15 is 0 Å². The van der Waals surface area contributed by atoms with Crippen LogP contribution in [0.5, 0.6) is 0 Å². The molecule has 0 fully saturated rings. The van der Waals surface area contributed by atoms with Crippen molar-refractivity contribution < 1.29 is 19.6 Å². The van der Waals surface area contributed by atoms with Crippen LogP contribution >= 0.6 is 0 Å². The molecular formula is C8H10BNO4. The Hall–Kier alpha value is -1.40. The molecule has 0 unspecified atom stereocenters. The van der Waals surface area contributed by atoms with Gasteiger partial charge in [-0.15, -0.1) is 0 Å². The zero-order valence-electron chi connectivity index (χ0n) is 7.89. The maximum absolute atomic E-state index is 11.1. The molecule has 1 rings (SSSR count). The minimum absolute atomic E-state index is 0.107.